The number of nitrogens with zero attached hydrogens (tertiary/aromatic N) is 2. The predicted octanol–water partition coefficient (Wildman–Crippen LogP) is 1.55. The Morgan fingerprint density at radius 1 is 1.75 bits per heavy atom. The van der Waals surface area contributed by atoms with Gasteiger partial charge < -0.3 is 5.11 Å². The molecule has 0 atom stereocenters. The monoisotopic (exact) mass is 169 g/mol. The highest BCUT2D eigenvalue weighted by Gasteiger charge is 2.06. The van der Waals surface area contributed by atoms with Crippen molar-refractivity contribution in [2.24, 2.45) is 0 Å². The first-order chi connectivity index (χ1) is 5.61. The van der Waals surface area contributed by atoms with Crippen molar-refractivity contribution in [3.8, 4) is 0 Å². The molecule has 1 aromatic heterocycles. The van der Waals surface area contributed by atoms with Gasteiger partial charge in [-0.1, -0.05) is 0 Å². The SMILES string of the molecule is CC(C)n1nccc1NC(=O)O. The lowest BCUT2D eigenvalue weighted by Gasteiger charge is -2.09. The molecule has 1 rings (SSSR count). The van der Waals surface area contributed by atoms with Gasteiger partial charge in [-0.3, -0.25) is 5.32 Å². The summed E-state index contributed by atoms with van der Waals surface area (Å²) < 4.78 is 1.61. The Kier molecular flexibility index (Phi) is 2.32. The van der Waals surface area contributed by atoms with Gasteiger partial charge in [0.2, 0.25) is 0 Å². The average molecular weight is 169 g/mol. The maximum absolute atomic E-state index is 10.3. The smallest absolute Gasteiger partial charge is 0.410 e. The highest BCUT2D eigenvalue weighted by molar-refractivity contribution is 5.81. The largest absolute Gasteiger partial charge is 0.465 e. The first-order valence-electron chi connectivity index (χ1n) is 3.64. The molecule has 0 unspecified atom stereocenters. The van der Waals surface area contributed by atoms with E-state index in [2.05, 4.69) is 10.4 Å². The zero-order valence-corrected chi connectivity index (χ0v) is 6.98. The number of amides is 1. The van der Waals surface area contributed by atoms with Gasteiger partial charge in [-0.15, -0.1) is 0 Å². The third-order valence-electron chi connectivity index (χ3n) is 1.39. The summed E-state index contributed by atoms with van der Waals surface area (Å²) in [6.07, 6.45) is 0.489. The van der Waals surface area contributed by atoms with Crippen LogP contribution in [0.25, 0.3) is 0 Å². The molecule has 5 heteroatoms. The van der Waals surface area contributed by atoms with E-state index in [4.69, 9.17) is 5.11 Å². The molecule has 0 saturated carbocycles. The topological polar surface area (TPSA) is 67.2 Å². The van der Waals surface area contributed by atoms with Crippen LogP contribution >= 0.6 is 0 Å². The Morgan fingerprint density at radius 2 is 2.42 bits per heavy atom. The molecule has 0 aromatic carbocycles. The summed E-state index contributed by atoms with van der Waals surface area (Å²) in [5.41, 5.74) is 0. The van der Waals surface area contributed by atoms with Gasteiger partial charge in [-0.05, 0) is 13.8 Å². The number of carboxylic acid groups (broad SMARTS) is 1. The maximum atomic E-state index is 10.3. The lowest BCUT2D eigenvalue weighted by molar-refractivity contribution is 0.209. The van der Waals surface area contributed by atoms with Gasteiger partial charge in [0.1, 0.15) is 5.82 Å². The Morgan fingerprint density at radius 3 is 2.92 bits per heavy atom. The Labute approximate surface area is 70.0 Å². The molecule has 1 amide bonds. The third-order valence-corrected chi connectivity index (χ3v) is 1.39. The predicted molar refractivity (Wildman–Crippen MR) is 44.3 cm³/mol. The van der Waals surface area contributed by atoms with E-state index in [0.717, 1.165) is 0 Å². The molecule has 0 saturated heterocycles. The van der Waals surface area contributed by atoms with Crippen LogP contribution in [0.4, 0.5) is 10.6 Å². The fourth-order valence-electron chi connectivity index (χ4n) is 0.934. The van der Waals surface area contributed by atoms with E-state index in [1.807, 2.05) is 13.8 Å². The normalized spacial score (nSPS) is 10.2. The van der Waals surface area contributed by atoms with Gasteiger partial charge in [0.15, 0.2) is 0 Å². The van der Waals surface area contributed by atoms with Gasteiger partial charge in [-0.25, -0.2) is 9.48 Å². The molecule has 0 bridgehead atoms. The molecule has 1 heterocycles. The molecule has 0 aliphatic heterocycles. The van der Waals surface area contributed by atoms with Crippen LogP contribution in [0, 0.1) is 0 Å². The molecule has 0 aliphatic carbocycles. The van der Waals surface area contributed by atoms with E-state index in [0.29, 0.717) is 5.82 Å². The van der Waals surface area contributed by atoms with Crippen molar-refractivity contribution in [1.82, 2.24) is 9.78 Å². The van der Waals surface area contributed by atoms with Crippen molar-refractivity contribution < 1.29 is 9.90 Å². The van der Waals surface area contributed by atoms with E-state index >= 15 is 0 Å². The van der Waals surface area contributed by atoms with Crippen molar-refractivity contribution in [3.05, 3.63) is 12.3 Å². The minimum Gasteiger partial charge on any atom is -0.465 e. The number of carbonyl (C=O) groups is 1. The van der Waals surface area contributed by atoms with E-state index in [9.17, 15) is 4.79 Å². The van der Waals surface area contributed by atoms with Crippen molar-refractivity contribution in [1.29, 1.82) is 0 Å². The summed E-state index contributed by atoms with van der Waals surface area (Å²) in [5.74, 6) is 0.498. The highest BCUT2D eigenvalue weighted by Crippen LogP contribution is 2.12. The zero-order chi connectivity index (χ0) is 9.14. The van der Waals surface area contributed by atoms with Crippen LogP contribution in [-0.2, 0) is 0 Å². The van der Waals surface area contributed by atoms with Crippen molar-refractivity contribution in [3.63, 3.8) is 0 Å². The van der Waals surface area contributed by atoms with Crippen LogP contribution in [-0.4, -0.2) is 21.0 Å². The van der Waals surface area contributed by atoms with Crippen LogP contribution < -0.4 is 5.32 Å². The van der Waals surface area contributed by atoms with Gasteiger partial charge in [0.05, 0.1) is 6.20 Å². The molecule has 0 fully saturated rings. The summed E-state index contributed by atoms with van der Waals surface area (Å²) in [6, 6.07) is 1.77. The minimum absolute atomic E-state index is 0.154. The number of hydrogen-bond acceptors (Lipinski definition) is 2. The Bertz CT molecular complexity index is 280. The quantitative estimate of drug-likeness (QED) is 0.705. The molecule has 1 aromatic rings. The highest BCUT2D eigenvalue weighted by atomic mass is 16.4. The van der Waals surface area contributed by atoms with Crippen molar-refractivity contribution in [2.45, 2.75) is 19.9 Å². The van der Waals surface area contributed by atoms with Crippen LogP contribution in [0.1, 0.15) is 19.9 Å². The molecule has 0 spiro atoms. The number of anilines is 1. The van der Waals surface area contributed by atoms with Crippen LogP contribution in [0.15, 0.2) is 12.3 Å². The van der Waals surface area contributed by atoms with Gasteiger partial charge in [0.25, 0.3) is 0 Å². The van der Waals surface area contributed by atoms with Gasteiger partial charge in [-0.2, -0.15) is 5.10 Å². The molecular weight excluding hydrogens is 158 g/mol. The van der Waals surface area contributed by atoms with E-state index < -0.39 is 6.09 Å². The van der Waals surface area contributed by atoms with Crippen LogP contribution in [0.5, 0.6) is 0 Å². The summed E-state index contributed by atoms with van der Waals surface area (Å²) in [5, 5.41) is 14.7. The maximum Gasteiger partial charge on any atom is 0.410 e. The standard InChI is InChI=1S/C7H11N3O2/c1-5(2)10-6(3-4-8-10)9-7(11)12/h3-5,9H,1-2H3,(H,11,12). The molecular formula is C7H11N3O2. The second-order valence-corrected chi connectivity index (χ2v) is 2.68. The Hall–Kier alpha value is -1.52. The first-order valence-corrected chi connectivity index (χ1v) is 3.64. The Balaban J connectivity index is 2.84. The second kappa shape index (κ2) is 3.25. The molecule has 12 heavy (non-hydrogen) atoms. The lowest BCUT2D eigenvalue weighted by atomic mass is 10.4. The van der Waals surface area contributed by atoms with E-state index in [1.54, 1.807) is 16.9 Å². The molecule has 0 radical (unpaired) electrons. The minimum atomic E-state index is -1.07. The molecule has 2 N–H and O–H groups in total. The zero-order valence-electron chi connectivity index (χ0n) is 6.98. The summed E-state index contributed by atoms with van der Waals surface area (Å²) >= 11 is 0. The summed E-state index contributed by atoms with van der Waals surface area (Å²) in [4.78, 5) is 10.3. The number of hydrogen-bond donors (Lipinski definition) is 2. The van der Waals surface area contributed by atoms with Crippen molar-refractivity contribution >= 4 is 11.9 Å². The third kappa shape index (κ3) is 1.75. The lowest BCUT2D eigenvalue weighted by Crippen LogP contribution is -2.14. The number of aromatic nitrogens is 2. The summed E-state index contributed by atoms with van der Waals surface area (Å²) in [6.45, 7) is 3.86. The average Bonchev–Trinajstić information content (AvgIpc) is 2.33. The van der Waals surface area contributed by atoms with E-state index in [1.165, 1.54) is 0 Å². The molecule has 0 aliphatic rings. The van der Waals surface area contributed by atoms with Crippen LogP contribution in [0.3, 0.4) is 0 Å². The van der Waals surface area contributed by atoms with Gasteiger partial charge in [0, 0.05) is 12.1 Å². The van der Waals surface area contributed by atoms with Crippen LogP contribution in [0.2, 0.25) is 0 Å². The summed E-state index contributed by atoms with van der Waals surface area (Å²) in [7, 11) is 0. The van der Waals surface area contributed by atoms with Crippen molar-refractivity contribution in [2.75, 3.05) is 5.32 Å². The van der Waals surface area contributed by atoms with E-state index in [-0.39, 0.29) is 6.04 Å². The number of rotatable bonds is 2. The number of nitrogens with one attached hydrogen (secondary N) is 1. The fraction of sp³-hybridized carbons (Fsp3) is 0.429. The fourth-order valence-corrected chi connectivity index (χ4v) is 0.934. The second-order valence-electron chi connectivity index (χ2n) is 2.68. The molecule has 66 valence electrons. The first kappa shape index (κ1) is 8.58. The molecule has 5 nitrogen and oxygen atoms in total. The van der Waals surface area contributed by atoms with Gasteiger partial charge >= 0.3 is 6.09 Å².